The molecule has 1 aromatic heterocycles. The van der Waals surface area contributed by atoms with Gasteiger partial charge in [-0.2, -0.15) is 0 Å². The lowest BCUT2D eigenvalue weighted by atomic mass is 9.52. The summed E-state index contributed by atoms with van der Waals surface area (Å²) >= 11 is 0. The van der Waals surface area contributed by atoms with Crippen LogP contribution >= 0.6 is 0 Å². The van der Waals surface area contributed by atoms with Crippen LogP contribution in [0.3, 0.4) is 0 Å². The predicted octanol–water partition coefficient (Wildman–Crippen LogP) is 12.5. The van der Waals surface area contributed by atoms with Crippen molar-refractivity contribution in [1.29, 1.82) is 0 Å². The third-order valence-corrected chi connectivity index (χ3v) is 12.7. The second-order valence-electron chi connectivity index (χ2n) is 15.2. The quantitative estimate of drug-likeness (QED) is 0.182. The highest BCUT2D eigenvalue weighted by Gasteiger charge is 2.58. The van der Waals surface area contributed by atoms with Crippen molar-refractivity contribution in [3.8, 4) is 55.9 Å². The van der Waals surface area contributed by atoms with E-state index in [0.717, 1.165) is 22.5 Å². The molecule has 0 amide bonds. The maximum absolute atomic E-state index is 4.63. The van der Waals surface area contributed by atoms with Gasteiger partial charge in [-0.05, 0) is 96.1 Å². The van der Waals surface area contributed by atoms with Gasteiger partial charge in [0.25, 0.3) is 0 Å². The Labute approximate surface area is 326 Å². The third-order valence-electron chi connectivity index (χ3n) is 12.7. The zero-order valence-electron chi connectivity index (χ0n) is 30.5. The number of benzene rings is 8. The Morgan fingerprint density at radius 2 is 0.571 bits per heavy atom. The minimum atomic E-state index is -0.511. The zero-order chi connectivity index (χ0) is 36.8. The Morgan fingerprint density at radius 1 is 0.232 bits per heavy atom. The summed E-state index contributed by atoms with van der Waals surface area (Å²) in [4.78, 5) is 0. The number of rotatable bonds is 3. The molecule has 0 aliphatic heterocycles. The van der Waals surface area contributed by atoms with Gasteiger partial charge in [-0.25, -0.2) is 0 Å². The fraction of sp³-hybridized carbons (Fsp3) is 0.0370. The van der Waals surface area contributed by atoms with Crippen LogP contribution in [-0.4, -0.2) is 10.2 Å². The Hall–Kier alpha value is -7.16. The summed E-state index contributed by atoms with van der Waals surface area (Å²) < 4.78 is 0. The summed E-state index contributed by atoms with van der Waals surface area (Å²) in [7, 11) is 0. The molecule has 0 atom stereocenters. The molecule has 1 heterocycles. The molecule has 260 valence electrons. The van der Waals surface area contributed by atoms with Crippen molar-refractivity contribution < 1.29 is 0 Å². The molecule has 0 bridgehead atoms. The van der Waals surface area contributed by atoms with E-state index < -0.39 is 10.8 Å². The molecule has 3 aliphatic carbocycles. The fourth-order valence-electron chi connectivity index (χ4n) is 10.5. The molecule has 9 aromatic rings. The Balaban J connectivity index is 1.11. The fourth-order valence-corrected chi connectivity index (χ4v) is 10.5. The van der Waals surface area contributed by atoms with Gasteiger partial charge in [-0.3, -0.25) is 0 Å². The van der Waals surface area contributed by atoms with Crippen LogP contribution < -0.4 is 0 Å². The van der Waals surface area contributed by atoms with Gasteiger partial charge in [-0.15, -0.1) is 10.2 Å². The van der Waals surface area contributed by atoms with Gasteiger partial charge < -0.3 is 0 Å². The normalized spacial score (nSPS) is 14.4. The molecular formula is C54H34N2. The molecule has 2 spiro atoms. The van der Waals surface area contributed by atoms with Crippen molar-refractivity contribution in [3.05, 3.63) is 251 Å². The van der Waals surface area contributed by atoms with Crippen molar-refractivity contribution in [1.82, 2.24) is 10.2 Å². The van der Waals surface area contributed by atoms with Crippen molar-refractivity contribution in [2.45, 2.75) is 10.8 Å². The largest absolute Gasteiger partial charge is 0.150 e. The van der Waals surface area contributed by atoms with Crippen LogP contribution in [0.5, 0.6) is 0 Å². The van der Waals surface area contributed by atoms with Crippen LogP contribution in [-0.2, 0) is 10.8 Å². The summed E-state index contributed by atoms with van der Waals surface area (Å²) in [6, 6.07) is 76.1. The third kappa shape index (κ3) is 4.00. The van der Waals surface area contributed by atoms with E-state index in [-0.39, 0.29) is 0 Å². The second-order valence-corrected chi connectivity index (χ2v) is 15.2. The highest BCUT2D eigenvalue weighted by Crippen LogP contribution is 2.67. The van der Waals surface area contributed by atoms with E-state index in [9.17, 15) is 0 Å². The van der Waals surface area contributed by atoms with E-state index in [1.807, 2.05) is 18.2 Å². The maximum atomic E-state index is 4.63. The average Bonchev–Trinajstić information content (AvgIpc) is 3.75. The predicted molar refractivity (Wildman–Crippen MR) is 227 cm³/mol. The van der Waals surface area contributed by atoms with E-state index in [0.29, 0.717) is 0 Å². The Morgan fingerprint density at radius 3 is 1.04 bits per heavy atom. The molecule has 12 rings (SSSR count). The number of nitrogens with zero attached hydrogens (tertiary/aromatic N) is 2. The van der Waals surface area contributed by atoms with E-state index in [1.54, 1.807) is 0 Å². The van der Waals surface area contributed by atoms with Crippen molar-refractivity contribution >= 4 is 0 Å². The molecule has 2 heteroatoms. The van der Waals surface area contributed by atoms with Gasteiger partial charge in [0, 0.05) is 11.1 Å². The molecule has 0 radical (unpaired) electrons. The van der Waals surface area contributed by atoms with Crippen molar-refractivity contribution in [3.63, 3.8) is 0 Å². The molecule has 2 nitrogen and oxygen atoms in total. The molecular weight excluding hydrogens is 677 g/mol. The number of hydrogen-bond acceptors (Lipinski definition) is 2. The number of fused-ring (bicyclic) bond motifs is 16. The summed E-state index contributed by atoms with van der Waals surface area (Å²) in [5.74, 6) is 0. The monoisotopic (exact) mass is 710 g/mol. The topological polar surface area (TPSA) is 25.8 Å². The van der Waals surface area contributed by atoms with Crippen molar-refractivity contribution in [2.24, 2.45) is 0 Å². The van der Waals surface area contributed by atoms with E-state index >= 15 is 0 Å². The van der Waals surface area contributed by atoms with Crippen LogP contribution in [0.25, 0.3) is 55.9 Å². The van der Waals surface area contributed by atoms with Crippen LogP contribution in [0.15, 0.2) is 206 Å². The summed E-state index contributed by atoms with van der Waals surface area (Å²) in [5.41, 5.74) is 21.2. The van der Waals surface area contributed by atoms with Gasteiger partial charge in [0.1, 0.15) is 0 Å². The standard InChI is InChI=1S/C54H34N2/c1-2-14-36(15-3-1)51-32-33-52(56-55-51)37-28-26-35(27-29-37)38-30-31-49-50(34-38)54(45-22-10-6-18-41(45)42-19-7-11-23-46(42)54)48-25-13-12-24-47(48)53(49)43-20-8-4-16-39(43)40-17-5-9-21-44(40)53/h1-34H. The molecule has 56 heavy (non-hydrogen) atoms. The highest BCUT2D eigenvalue weighted by atomic mass is 15.1. The molecule has 0 fully saturated rings. The van der Waals surface area contributed by atoms with E-state index in [4.69, 9.17) is 0 Å². The first-order valence-corrected chi connectivity index (χ1v) is 19.4. The Bertz CT molecular complexity index is 2920. The van der Waals surface area contributed by atoms with Gasteiger partial charge in [0.15, 0.2) is 0 Å². The van der Waals surface area contributed by atoms with Gasteiger partial charge in [0.05, 0.1) is 22.2 Å². The molecule has 3 aliphatic rings. The molecule has 0 unspecified atom stereocenters. The summed E-state index contributed by atoms with van der Waals surface area (Å²) in [5, 5.41) is 9.19. The zero-order valence-corrected chi connectivity index (χ0v) is 30.5. The maximum Gasteiger partial charge on any atom is 0.0930 e. The SMILES string of the molecule is c1ccc(-c2ccc(-c3ccc(-c4ccc5c(c4)C4(c6ccccc6-c6ccccc64)c4ccccc4C54c5ccccc5-c5ccccc54)cc3)nn2)cc1. The lowest BCUT2D eigenvalue weighted by molar-refractivity contribution is 0.633. The van der Waals surface area contributed by atoms with E-state index in [2.05, 4.69) is 198 Å². The van der Waals surface area contributed by atoms with Crippen LogP contribution in [0, 0.1) is 0 Å². The lowest BCUT2D eigenvalue weighted by Crippen LogP contribution is -2.43. The van der Waals surface area contributed by atoms with Crippen LogP contribution in [0.1, 0.15) is 44.5 Å². The average molecular weight is 711 g/mol. The smallest absolute Gasteiger partial charge is 0.0930 e. The van der Waals surface area contributed by atoms with Gasteiger partial charge in [0.2, 0.25) is 0 Å². The van der Waals surface area contributed by atoms with Gasteiger partial charge >= 0.3 is 0 Å². The summed E-state index contributed by atoms with van der Waals surface area (Å²) in [6.07, 6.45) is 0. The molecule has 0 saturated carbocycles. The Kier molecular flexibility index (Phi) is 6.50. The first-order chi connectivity index (χ1) is 27.8. The van der Waals surface area contributed by atoms with Crippen molar-refractivity contribution in [2.75, 3.05) is 0 Å². The van der Waals surface area contributed by atoms with Crippen LogP contribution in [0.2, 0.25) is 0 Å². The second kappa shape index (κ2) is 11.7. The molecule has 0 saturated heterocycles. The first-order valence-electron chi connectivity index (χ1n) is 19.4. The number of aromatic nitrogens is 2. The number of hydrogen-bond donors (Lipinski definition) is 0. The molecule has 0 N–H and O–H groups in total. The van der Waals surface area contributed by atoms with Gasteiger partial charge in [-0.1, -0.05) is 188 Å². The first kappa shape index (κ1) is 31.2. The minimum absolute atomic E-state index is 0.482. The summed E-state index contributed by atoms with van der Waals surface area (Å²) in [6.45, 7) is 0. The molecule has 8 aromatic carbocycles. The minimum Gasteiger partial charge on any atom is -0.150 e. The highest BCUT2D eigenvalue weighted by molar-refractivity contribution is 5.94. The van der Waals surface area contributed by atoms with E-state index in [1.165, 1.54) is 77.9 Å². The van der Waals surface area contributed by atoms with Crippen LogP contribution in [0.4, 0.5) is 0 Å². The lowest BCUT2D eigenvalue weighted by Gasteiger charge is -2.49.